The number of hydrogen-bond donors (Lipinski definition) is 1. The fourth-order valence-corrected chi connectivity index (χ4v) is 5.82. The first kappa shape index (κ1) is 28.2. The molecule has 0 aliphatic carbocycles. The first-order valence-electron chi connectivity index (χ1n) is 12.9. The van der Waals surface area contributed by atoms with Gasteiger partial charge in [0.25, 0.3) is 15.9 Å². The Morgan fingerprint density at radius 1 is 0.902 bits per heavy atom. The highest BCUT2D eigenvalue weighted by molar-refractivity contribution is 7.92. The Morgan fingerprint density at radius 3 is 2.27 bits per heavy atom. The molecule has 0 spiro atoms. The van der Waals surface area contributed by atoms with Crippen molar-refractivity contribution in [1.29, 1.82) is 0 Å². The largest absolute Gasteiger partial charge is 0.477 e. The third-order valence-corrected chi connectivity index (χ3v) is 8.86. The van der Waals surface area contributed by atoms with E-state index in [0.29, 0.717) is 34.3 Å². The first-order valence-corrected chi connectivity index (χ1v) is 14.8. The molecule has 4 aromatic carbocycles. The summed E-state index contributed by atoms with van der Waals surface area (Å²) in [4.78, 5) is 28.2. The second kappa shape index (κ2) is 12.0. The van der Waals surface area contributed by atoms with Crippen LogP contribution >= 0.6 is 11.6 Å². The van der Waals surface area contributed by atoms with E-state index in [1.54, 1.807) is 47.4 Å². The molecule has 5 rings (SSSR count). The predicted octanol–water partition coefficient (Wildman–Crippen LogP) is 4.82. The highest BCUT2D eigenvalue weighted by Gasteiger charge is 2.33. The maximum atomic E-state index is 13.5. The van der Waals surface area contributed by atoms with Crippen molar-refractivity contribution in [3.05, 3.63) is 119 Å². The van der Waals surface area contributed by atoms with Crippen molar-refractivity contribution >= 4 is 44.8 Å². The molecule has 1 heterocycles. The summed E-state index contributed by atoms with van der Waals surface area (Å²) in [5.41, 5.74) is 2.70. The lowest BCUT2D eigenvalue weighted by molar-refractivity contribution is -0.128. The topological polar surface area (TPSA) is 96.0 Å². The molecule has 0 fully saturated rings. The van der Waals surface area contributed by atoms with Crippen molar-refractivity contribution in [1.82, 2.24) is 5.32 Å². The van der Waals surface area contributed by atoms with Gasteiger partial charge in [-0.15, -0.1) is 0 Å². The number of nitrogens with zero attached hydrogens (tertiary/aromatic N) is 2. The van der Waals surface area contributed by atoms with Crippen molar-refractivity contribution in [3.63, 3.8) is 0 Å². The Labute approximate surface area is 244 Å². The maximum absolute atomic E-state index is 13.5. The van der Waals surface area contributed by atoms with E-state index >= 15 is 0 Å². The molecule has 2 amide bonds. The van der Waals surface area contributed by atoms with E-state index in [1.165, 1.54) is 35.6 Å². The Morgan fingerprint density at radius 2 is 1.56 bits per heavy atom. The molecule has 0 radical (unpaired) electrons. The number of fused-ring (bicyclic) bond motifs is 1. The van der Waals surface area contributed by atoms with Gasteiger partial charge in [0.1, 0.15) is 5.75 Å². The van der Waals surface area contributed by atoms with Crippen LogP contribution in [-0.4, -0.2) is 39.9 Å². The number of carbonyl (C=O) groups is 2. The smallest absolute Gasteiger partial charge is 0.264 e. The van der Waals surface area contributed by atoms with Gasteiger partial charge in [-0.1, -0.05) is 66.2 Å². The van der Waals surface area contributed by atoms with Gasteiger partial charge in [0.05, 0.1) is 29.2 Å². The molecule has 0 saturated carbocycles. The van der Waals surface area contributed by atoms with Crippen LogP contribution in [0.3, 0.4) is 0 Å². The van der Waals surface area contributed by atoms with Crippen LogP contribution in [0.2, 0.25) is 5.02 Å². The molecule has 210 valence electrons. The molecule has 1 aliphatic heterocycles. The van der Waals surface area contributed by atoms with Gasteiger partial charge in [0.15, 0.2) is 6.10 Å². The lowest BCUT2D eigenvalue weighted by Gasteiger charge is -2.34. The number of amides is 2. The molecule has 8 nitrogen and oxygen atoms in total. The van der Waals surface area contributed by atoms with E-state index in [9.17, 15) is 18.0 Å². The second-order valence-corrected chi connectivity index (χ2v) is 12.0. The van der Waals surface area contributed by atoms with E-state index in [0.717, 1.165) is 5.56 Å². The second-order valence-electron chi connectivity index (χ2n) is 9.55. The minimum atomic E-state index is -3.78. The number of ether oxygens (including phenoxy) is 1. The number of halogens is 1. The molecule has 0 aromatic heterocycles. The molecule has 1 atom stereocenters. The summed E-state index contributed by atoms with van der Waals surface area (Å²) < 4.78 is 33.2. The fourth-order valence-electron chi connectivity index (χ4n) is 4.50. The van der Waals surface area contributed by atoms with E-state index in [1.807, 2.05) is 36.4 Å². The van der Waals surface area contributed by atoms with Crippen molar-refractivity contribution in [2.45, 2.75) is 24.0 Å². The van der Waals surface area contributed by atoms with E-state index in [2.05, 4.69) is 5.32 Å². The highest BCUT2D eigenvalue weighted by Crippen LogP contribution is 2.34. The summed E-state index contributed by atoms with van der Waals surface area (Å²) in [5.74, 6) is -0.0664. The summed E-state index contributed by atoms with van der Waals surface area (Å²) in [6.45, 7) is 0.417. The number of benzene rings is 4. The summed E-state index contributed by atoms with van der Waals surface area (Å²) in [6, 6.07) is 29.4. The zero-order valence-electron chi connectivity index (χ0n) is 22.2. The predicted molar refractivity (Wildman–Crippen MR) is 159 cm³/mol. The molecule has 0 bridgehead atoms. The average molecular weight is 590 g/mol. The quantitative estimate of drug-likeness (QED) is 0.318. The molecule has 4 aromatic rings. The standard InChI is InChI=1S/C31H28ClN3O5S/c1-34(41(38,39)26-17-13-24(32)14-18-26)25-15-11-22(12-16-25)19-30(36)35-21-29(40-28-10-6-5-9-27(28)35)31(37)33-20-23-7-3-2-4-8-23/h2-18,29H,19-21H2,1H3,(H,33,37)/t29-/m1/s1. The van der Waals surface area contributed by atoms with Crippen LogP contribution in [0, 0.1) is 0 Å². The number of hydrogen-bond acceptors (Lipinski definition) is 5. The average Bonchev–Trinajstić information content (AvgIpc) is 3.00. The molecule has 1 N–H and O–H groups in total. The summed E-state index contributed by atoms with van der Waals surface area (Å²) in [5, 5.41) is 3.34. The molecular formula is C31H28ClN3O5S. The van der Waals surface area contributed by atoms with Gasteiger partial charge in [-0.05, 0) is 59.7 Å². The van der Waals surface area contributed by atoms with Crippen molar-refractivity contribution < 1.29 is 22.7 Å². The lowest BCUT2D eigenvalue weighted by atomic mass is 10.1. The van der Waals surface area contributed by atoms with E-state index in [4.69, 9.17) is 16.3 Å². The Kier molecular flexibility index (Phi) is 8.28. The van der Waals surface area contributed by atoms with Gasteiger partial charge in [-0.25, -0.2) is 8.42 Å². The molecular weight excluding hydrogens is 562 g/mol. The number of sulfonamides is 1. The first-order chi connectivity index (χ1) is 19.7. The van der Waals surface area contributed by atoms with Gasteiger partial charge < -0.3 is 15.0 Å². The van der Waals surface area contributed by atoms with Crippen LogP contribution < -0.4 is 19.3 Å². The SMILES string of the molecule is CN(c1ccc(CC(=O)N2C[C@H](C(=O)NCc3ccccc3)Oc3ccccc32)cc1)S(=O)(=O)c1ccc(Cl)cc1. The van der Waals surface area contributed by atoms with E-state index < -0.39 is 16.1 Å². The summed E-state index contributed by atoms with van der Waals surface area (Å²) in [6.07, 6.45) is -0.813. The number of para-hydroxylation sites is 2. The molecule has 0 saturated heterocycles. The molecule has 41 heavy (non-hydrogen) atoms. The van der Waals surface area contributed by atoms with Crippen molar-refractivity contribution in [2.24, 2.45) is 0 Å². The Balaban J connectivity index is 1.28. The number of nitrogens with one attached hydrogen (secondary N) is 1. The number of carbonyl (C=O) groups excluding carboxylic acids is 2. The monoisotopic (exact) mass is 589 g/mol. The van der Waals surface area contributed by atoms with Gasteiger partial charge in [-0.3, -0.25) is 13.9 Å². The highest BCUT2D eigenvalue weighted by atomic mass is 35.5. The van der Waals surface area contributed by atoms with Crippen molar-refractivity contribution in [3.8, 4) is 5.75 Å². The van der Waals surface area contributed by atoms with Gasteiger partial charge in [0.2, 0.25) is 5.91 Å². The number of anilines is 2. The maximum Gasteiger partial charge on any atom is 0.264 e. The van der Waals surface area contributed by atoms with Crippen molar-refractivity contribution in [2.75, 3.05) is 22.8 Å². The number of rotatable bonds is 8. The van der Waals surface area contributed by atoms with Crippen LogP contribution in [-0.2, 0) is 32.6 Å². The van der Waals surface area contributed by atoms with Gasteiger partial charge in [-0.2, -0.15) is 0 Å². The Bertz CT molecular complexity index is 1650. The Hall–Kier alpha value is -4.34. The minimum Gasteiger partial charge on any atom is -0.477 e. The minimum absolute atomic E-state index is 0.0562. The fraction of sp³-hybridized carbons (Fsp3) is 0.161. The lowest BCUT2D eigenvalue weighted by Crippen LogP contribution is -2.51. The zero-order valence-corrected chi connectivity index (χ0v) is 23.8. The third kappa shape index (κ3) is 6.37. The van der Waals surface area contributed by atoms with Crippen LogP contribution in [0.5, 0.6) is 5.75 Å². The van der Waals surface area contributed by atoms with Crippen LogP contribution in [0.1, 0.15) is 11.1 Å². The van der Waals surface area contributed by atoms with Crippen LogP contribution in [0.4, 0.5) is 11.4 Å². The van der Waals surface area contributed by atoms with E-state index in [-0.39, 0.29) is 29.7 Å². The zero-order chi connectivity index (χ0) is 29.0. The van der Waals surface area contributed by atoms with Gasteiger partial charge >= 0.3 is 0 Å². The van der Waals surface area contributed by atoms with Gasteiger partial charge in [0, 0.05) is 18.6 Å². The molecule has 10 heteroatoms. The van der Waals surface area contributed by atoms with Crippen LogP contribution in [0.25, 0.3) is 0 Å². The third-order valence-electron chi connectivity index (χ3n) is 6.80. The summed E-state index contributed by atoms with van der Waals surface area (Å²) >= 11 is 5.90. The van der Waals surface area contributed by atoms with Crippen LogP contribution in [0.15, 0.2) is 108 Å². The normalized spacial score (nSPS) is 14.5. The molecule has 1 aliphatic rings. The molecule has 0 unspecified atom stereocenters. The summed E-state index contributed by atoms with van der Waals surface area (Å²) in [7, 11) is -2.31.